The average Bonchev–Trinajstić information content (AvgIpc) is 3.19. The van der Waals surface area contributed by atoms with E-state index in [9.17, 15) is 4.79 Å². The van der Waals surface area contributed by atoms with Crippen molar-refractivity contribution in [3.63, 3.8) is 0 Å². The first kappa shape index (κ1) is 20.6. The smallest absolute Gasteiger partial charge is 0.239 e. The number of piperidine rings is 1. The number of para-hydroxylation sites is 1. The maximum absolute atomic E-state index is 12.3. The van der Waals surface area contributed by atoms with Gasteiger partial charge >= 0.3 is 0 Å². The quantitative estimate of drug-likeness (QED) is 0.465. The van der Waals surface area contributed by atoms with Gasteiger partial charge in [0.25, 0.3) is 0 Å². The zero-order chi connectivity index (χ0) is 19.8. The lowest BCUT2D eigenvalue weighted by Crippen LogP contribution is -2.43. The summed E-state index contributed by atoms with van der Waals surface area (Å²) in [7, 11) is 3.70. The number of carbonyl (C=O) groups is 1. The molecule has 0 aromatic heterocycles. The number of hydrogen-bond donors (Lipinski definition) is 1. The van der Waals surface area contributed by atoms with Crippen molar-refractivity contribution in [2.45, 2.75) is 44.6 Å². The molecule has 1 atom stereocenters. The second-order valence-corrected chi connectivity index (χ2v) is 8.02. The van der Waals surface area contributed by atoms with Crippen LogP contribution in [0.15, 0.2) is 35.3 Å². The molecule has 154 valence electrons. The Kier molecular flexibility index (Phi) is 7.71. The first-order valence-corrected chi connectivity index (χ1v) is 10.7. The molecule has 2 saturated heterocycles. The Hall–Kier alpha value is -2.08. The molecule has 2 aliphatic rings. The predicted molar refractivity (Wildman–Crippen MR) is 116 cm³/mol. The van der Waals surface area contributed by atoms with E-state index in [4.69, 9.17) is 4.99 Å². The van der Waals surface area contributed by atoms with Crippen LogP contribution in [-0.4, -0.2) is 79.4 Å². The number of anilines is 1. The van der Waals surface area contributed by atoms with E-state index in [0.29, 0.717) is 0 Å². The number of nitrogens with zero attached hydrogens (tertiary/aromatic N) is 4. The molecule has 6 heteroatoms. The molecule has 2 heterocycles. The van der Waals surface area contributed by atoms with E-state index < -0.39 is 0 Å². The average molecular weight is 386 g/mol. The minimum atomic E-state index is 0.0583. The zero-order valence-corrected chi connectivity index (χ0v) is 17.4. The molecule has 3 rings (SSSR count). The van der Waals surface area contributed by atoms with Gasteiger partial charge in [-0.25, -0.2) is 0 Å². The van der Waals surface area contributed by atoms with Crippen molar-refractivity contribution in [1.29, 1.82) is 0 Å². The van der Waals surface area contributed by atoms with Crippen LogP contribution < -0.4 is 5.32 Å². The number of likely N-dealkylation sites (N-methyl/N-ethyl adjacent to an activating group) is 1. The van der Waals surface area contributed by atoms with Crippen molar-refractivity contribution in [3.05, 3.63) is 30.3 Å². The van der Waals surface area contributed by atoms with Crippen LogP contribution in [0.2, 0.25) is 0 Å². The lowest BCUT2D eigenvalue weighted by Gasteiger charge is -2.30. The predicted octanol–water partition coefficient (Wildman–Crippen LogP) is 2.88. The van der Waals surface area contributed by atoms with Crippen LogP contribution >= 0.6 is 0 Å². The molecule has 1 unspecified atom stereocenters. The summed E-state index contributed by atoms with van der Waals surface area (Å²) in [6.45, 7) is 4.89. The first-order valence-electron chi connectivity index (χ1n) is 10.7. The van der Waals surface area contributed by atoms with Gasteiger partial charge in [-0.1, -0.05) is 18.2 Å². The van der Waals surface area contributed by atoms with Gasteiger partial charge in [-0.15, -0.1) is 0 Å². The maximum Gasteiger partial charge on any atom is 0.239 e. The Labute approximate surface area is 169 Å². The fraction of sp³-hybridized carbons (Fsp3) is 0.636. The number of rotatable bonds is 6. The molecular weight excluding hydrogens is 350 g/mol. The van der Waals surface area contributed by atoms with Gasteiger partial charge in [-0.3, -0.25) is 14.7 Å². The van der Waals surface area contributed by atoms with Crippen LogP contribution in [0.3, 0.4) is 0 Å². The highest BCUT2D eigenvalue weighted by molar-refractivity contribution is 5.93. The summed E-state index contributed by atoms with van der Waals surface area (Å²) in [5, 5.41) is 3.52. The van der Waals surface area contributed by atoms with Gasteiger partial charge in [0.15, 0.2) is 5.96 Å². The SMILES string of the molecule is CN(C)C(=O)C1CCCN1CCCN=C(Nc1ccccc1)N1CCCCC1. The number of nitrogens with one attached hydrogen (secondary N) is 1. The minimum absolute atomic E-state index is 0.0583. The van der Waals surface area contributed by atoms with E-state index in [1.54, 1.807) is 4.90 Å². The molecule has 0 aliphatic carbocycles. The second-order valence-electron chi connectivity index (χ2n) is 8.02. The number of aliphatic imine (C=N–C) groups is 1. The number of hydrogen-bond acceptors (Lipinski definition) is 3. The van der Waals surface area contributed by atoms with E-state index in [0.717, 1.165) is 63.6 Å². The third-order valence-corrected chi connectivity index (χ3v) is 5.64. The molecule has 1 N–H and O–H groups in total. The summed E-state index contributed by atoms with van der Waals surface area (Å²) < 4.78 is 0. The molecule has 2 fully saturated rings. The van der Waals surface area contributed by atoms with E-state index in [1.165, 1.54) is 19.3 Å². The first-order chi connectivity index (χ1) is 13.6. The van der Waals surface area contributed by atoms with Gasteiger partial charge in [0, 0.05) is 46.0 Å². The normalized spacial score (nSPS) is 21.0. The highest BCUT2D eigenvalue weighted by Crippen LogP contribution is 2.19. The lowest BCUT2D eigenvalue weighted by atomic mass is 10.1. The van der Waals surface area contributed by atoms with E-state index in [1.807, 2.05) is 32.3 Å². The van der Waals surface area contributed by atoms with Crippen LogP contribution in [-0.2, 0) is 4.79 Å². The molecule has 0 bridgehead atoms. The van der Waals surface area contributed by atoms with Gasteiger partial charge in [0.1, 0.15) is 0 Å². The van der Waals surface area contributed by atoms with Crippen LogP contribution in [0, 0.1) is 0 Å². The second kappa shape index (κ2) is 10.5. The topological polar surface area (TPSA) is 51.2 Å². The molecule has 1 amide bonds. The van der Waals surface area contributed by atoms with Gasteiger partial charge < -0.3 is 15.1 Å². The Balaban J connectivity index is 1.55. The van der Waals surface area contributed by atoms with Crippen molar-refractivity contribution in [2.75, 3.05) is 52.1 Å². The Morgan fingerprint density at radius 1 is 1.11 bits per heavy atom. The van der Waals surface area contributed by atoms with Crippen molar-refractivity contribution in [3.8, 4) is 0 Å². The standard InChI is InChI=1S/C22H35N5O/c1-25(2)21(28)20-13-9-17-26(20)18-10-14-23-22(27-15-7-4-8-16-27)24-19-11-5-3-6-12-19/h3,5-6,11-12,20H,4,7-10,13-18H2,1-2H3,(H,23,24). The van der Waals surface area contributed by atoms with Gasteiger partial charge in [-0.05, 0) is 57.2 Å². The minimum Gasteiger partial charge on any atom is -0.347 e. The van der Waals surface area contributed by atoms with Crippen molar-refractivity contribution in [1.82, 2.24) is 14.7 Å². The highest BCUT2D eigenvalue weighted by Gasteiger charge is 2.31. The molecule has 1 aromatic carbocycles. The molecule has 28 heavy (non-hydrogen) atoms. The fourth-order valence-corrected chi connectivity index (χ4v) is 4.11. The van der Waals surface area contributed by atoms with E-state index in [2.05, 4.69) is 27.2 Å². The van der Waals surface area contributed by atoms with Crippen LogP contribution in [0.4, 0.5) is 5.69 Å². The molecular formula is C22H35N5O. The molecule has 0 saturated carbocycles. The summed E-state index contributed by atoms with van der Waals surface area (Å²) >= 11 is 0. The summed E-state index contributed by atoms with van der Waals surface area (Å²) in [5.74, 6) is 1.23. The monoisotopic (exact) mass is 385 g/mol. The molecule has 0 radical (unpaired) electrons. The van der Waals surface area contributed by atoms with E-state index >= 15 is 0 Å². The fourth-order valence-electron chi connectivity index (χ4n) is 4.11. The van der Waals surface area contributed by atoms with Gasteiger partial charge in [0.05, 0.1) is 6.04 Å². The summed E-state index contributed by atoms with van der Waals surface area (Å²) in [5.41, 5.74) is 1.09. The van der Waals surface area contributed by atoms with E-state index in [-0.39, 0.29) is 11.9 Å². The Bertz CT molecular complexity index is 640. The molecule has 1 aromatic rings. The largest absolute Gasteiger partial charge is 0.347 e. The number of carbonyl (C=O) groups excluding carboxylic acids is 1. The summed E-state index contributed by atoms with van der Waals surface area (Å²) in [4.78, 5) is 23.7. The van der Waals surface area contributed by atoms with Gasteiger partial charge in [0.2, 0.25) is 5.91 Å². The number of amides is 1. The third-order valence-electron chi connectivity index (χ3n) is 5.64. The van der Waals surface area contributed by atoms with Crippen molar-refractivity contribution < 1.29 is 4.79 Å². The molecule has 6 nitrogen and oxygen atoms in total. The number of likely N-dealkylation sites (tertiary alicyclic amines) is 2. The molecule has 2 aliphatic heterocycles. The zero-order valence-electron chi connectivity index (χ0n) is 17.4. The highest BCUT2D eigenvalue weighted by atomic mass is 16.2. The van der Waals surface area contributed by atoms with Gasteiger partial charge in [-0.2, -0.15) is 0 Å². The Morgan fingerprint density at radius 2 is 1.86 bits per heavy atom. The summed E-state index contributed by atoms with van der Waals surface area (Å²) in [6.07, 6.45) is 6.85. The van der Waals surface area contributed by atoms with Crippen LogP contribution in [0.25, 0.3) is 0 Å². The lowest BCUT2D eigenvalue weighted by molar-refractivity contribution is -0.133. The summed E-state index contributed by atoms with van der Waals surface area (Å²) in [6, 6.07) is 10.4. The van der Waals surface area contributed by atoms with Crippen LogP contribution in [0.1, 0.15) is 38.5 Å². The Morgan fingerprint density at radius 3 is 2.57 bits per heavy atom. The van der Waals surface area contributed by atoms with Crippen molar-refractivity contribution >= 4 is 17.6 Å². The third kappa shape index (κ3) is 5.71. The number of benzene rings is 1. The van der Waals surface area contributed by atoms with Crippen molar-refractivity contribution in [2.24, 2.45) is 4.99 Å². The van der Waals surface area contributed by atoms with Crippen LogP contribution in [0.5, 0.6) is 0 Å². The maximum atomic E-state index is 12.3. The molecule has 0 spiro atoms. The number of guanidine groups is 1.